The van der Waals surface area contributed by atoms with Gasteiger partial charge in [0.05, 0.1) is 31.5 Å². The van der Waals surface area contributed by atoms with Crippen molar-refractivity contribution in [3.63, 3.8) is 0 Å². The highest BCUT2D eigenvalue weighted by Crippen LogP contribution is 2.38. The van der Waals surface area contributed by atoms with Crippen molar-refractivity contribution in [3.05, 3.63) is 76.2 Å². The number of aromatic nitrogens is 1. The number of ether oxygens (including phenoxy) is 2. The molecule has 1 N–H and O–H groups in total. The molecule has 34 heavy (non-hydrogen) atoms. The fraction of sp³-hybridized carbons (Fsp3) is 0.429. The van der Waals surface area contributed by atoms with Gasteiger partial charge in [-0.3, -0.25) is 0 Å². The highest BCUT2D eigenvalue weighted by Gasteiger charge is 2.32. The number of hydrogen-bond donors (Lipinski definition) is 1. The summed E-state index contributed by atoms with van der Waals surface area (Å²) in [7, 11) is 1.37. The number of aliphatic hydroxyl groups excluding tert-OH is 1. The molecule has 1 aliphatic carbocycles. The highest BCUT2D eigenvalue weighted by molar-refractivity contribution is 5.92. The van der Waals surface area contributed by atoms with Gasteiger partial charge in [-0.25, -0.2) is 9.78 Å². The molecule has 3 atom stereocenters. The van der Waals surface area contributed by atoms with E-state index in [0.717, 1.165) is 48.3 Å². The third-order valence-electron chi connectivity index (χ3n) is 6.77. The van der Waals surface area contributed by atoms with E-state index in [1.807, 2.05) is 63.2 Å². The summed E-state index contributed by atoms with van der Waals surface area (Å²) in [4.78, 5) is 17.0. The Morgan fingerprint density at radius 3 is 2.65 bits per heavy atom. The fourth-order valence-corrected chi connectivity index (χ4v) is 4.77. The van der Waals surface area contributed by atoms with Crippen LogP contribution in [0.5, 0.6) is 0 Å². The van der Waals surface area contributed by atoms with Gasteiger partial charge in [-0.15, -0.1) is 0 Å². The lowest BCUT2D eigenvalue weighted by Crippen LogP contribution is -2.28. The number of carbonyl (C=O) groups is 1. The summed E-state index contributed by atoms with van der Waals surface area (Å²) in [6, 6.07) is 13.6. The van der Waals surface area contributed by atoms with E-state index in [0.29, 0.717) is 23.6 Å². The monoisotopic (exact) mass is 463 g/mol. The topological polar surface area (TPSA) is 81.8 Å². The van der Waals surface area contributed by atoms with Crippen LogP contribution in [0.15, 0.2) is 46.9 Å². The van der Waals surface area contributed by atoms with E-state index in [-0.39, 0.29) is 12.0 Å². The summed E-state index contributed by atoms with van der Waals surface area (Å²) in [5.41, 5.74) is 4.83. The van der Waals surface area contributed by atoms with Crippen LogP contribution < -0.4 is 0 Å². The first kappa shape index (κ1) is 24.2. The van der Waals surface area contributed by atoms with Crippen LogP contribution in [-0.2, 0) is 16.1 Å². The highest BCUT2D eigenvalue weighted by atomic mass is 16.5. The lowest BCUT2D eigenvalue weighted by atomic mass is 9.80. The summed E-state index contributed by atoms with van der Waals surface area (Å²) in [6.07, 6.45) is 2.76. The van der Waals surface area contributed by atoms with Crippen LogP contribution in [0, 0.1) is 26.7 Å². The van der Waals surface area contributed by atoms with Gasteiger partial charge in [0.15, 0.2) is 0 Å². The van der Waals surface area contributed by atoms with Gasteiger partial charge >= 0.3 is 5.97 Å². The summed E-state index contributed by atoms with van der Waals surface area (Å²) in [6.45, 7) is 6.18. The Balaban J connectivity index is 1.42. The van der Waals surface area contributed by atoms with Gasteiger partial charge in [-0.2, -0.15) is 0 Å². The van der Waals surface area contributed by atoms with Crippen LogP contribution in [0.1, 0.15) is 70.3 Å². The quantitative estimate of drug-likeness (QED) is 0.442. The minimum absolute atomic E-state index is 0.00508. The summed E-state index contributed by atoms with van der Waals surface area (Å²) >= 11 is 0. The maximum atomic E-state index is 12.3. The zero-order valence-electron chi connectivity index (χ0n) is 20.3. The molecule has 0 saturated heterocycles. The predicted molar refractivity (Wildman–Crippen MR) is 129 cm³/mol. The van der Waals surface area contributed by atoms with Gasteiger partial charge in [0, 0.05) is 5.56 Å². The second-order valence-electron chi connectivity index (χ2n) is 9.22. The van der Waals surface area contributed by atoms with Crippen molar-refractivity contribution in [2.75, 3.05) is 7.11 Å². The first-order valence-corrected chi connectivity index (χ1v) is 11.9. The normalized spacial score (nSPS) is 19.1. The first-order valence-electron chi connectivity index (χ1n) is 11.9. The SMILES string of the molecule is COC(=O)c1c(C)cccc1C(O)C1CCCC(OCc2nc(-c3ccc(C)cc3)oc2C)C1. The van der Waals surface area contributed by atoms with E-state index < -0.39 is 12.1 Å². The number of aryl methyl sites for hydroxylation is 3. The van der Waals surface area contributed by atoms with Crippen LogP contribution in [-0.4, -0.2) is 29.3 Å². The molecule has 1 heterocycles. The van der Waals surface area contributed by atoms with Crippen LogP contribution in [0.25, 0.3) is 11.5 Å². The molecule has 1 aliphatic rings. The number of hydrogen-bond acceptors (Lipinski definition) is 6. The van der Waals surface area contributed by atoms with Gasteiger partial charge in [0.2, 0.25) is 5.89 Å². The molecule has 1 fully saturated rings. The molecule has 0 radical (unpaired) electrons. The number of nitrogens with zero attached hydrogens (tertiary/aromatic N) is 1. The van der Waals surface area contributed by atoms with E-state index in [9.17, 15) is 9.90 Å². The molecule has 0 bridgehead atoms. The van der Waals surface area contributed by atoms with Crippen molar-refractivity contribution < 1.29 is 23.8 Å². The number of esters is 1. The zero-order chi connectivity index (χ0) is 24.2. The maximum Gasteiger partial charge on any atom is 0.338 e. The summed E-state index contributed by atoms with van der Waals surface area (Å²) < 4.78 is 17.1. The number of methoxy groups -OCH3 is 1. The largest absolute Gasteiger partial charge is 0.465 e. The molecule has 1 saturated carbocycles. The van der Waals surface area contributed by atoms with E-state index in [4.69, 9.17) is 13.9 Å². The molecule has 0 amide bonds. The third-order valence-corrected chi connectivity index (χ3v) is 6.77. The summed E-state index contributed by atoms with van der Waals surface area (Å²) in [5, 5.41) is 11.2. The van der Waals surface area contributed by atoms with Gasteiger partial charge in [-0.05, 0) is 69.2 Å². The number of rotatable bonds is 7. The van der Waals surface area contributed by atoms with Crippen molar-refractivity contribution in [2.24, 2.45) is 5.92 Å². The Morgan fingerprint density at radius 1 is 1.15 bits per heavy atom. The number of benzene rings is 2. The standard InChI is InChI=1S/C28H33NO5/c1-17-11-13-20(14-12-17)27-29-24(19(3)34-27)16-33-22-9-6-8-21(15-22)26(30)23-10-5-7-18(2)25(23)28(31)32-4/h5,7,10-14,21-22,26,30H,6,8-9,15-16H2,1-4H3. The zero-order valence-corrected chi connectivity index (χ0v) is 20.3. The van der Waals surface area contributed by atoms with Crippen molar-refractivity contribution >= 4 is 5.97 Å². The Bertz CT molecular complexity index is 1130. The molecule has 2 aromatic carbocycles. The Hall–Kier alpha value is -2.96. The lowest BCUT2D eigenvalue weighted by molar-refractivity contribution is -0.0262. The minimum atomic E-state index is -0.748. The van der Waals surface area contributed by atoms with Crippen molar-refractivity contribution in [1.82, 2.24) is 4.98 Å². The molecular formula is C28H33NO5. The predicted octanol–water partition coefficient (Wildman–Crippen LogP) is 5.86. The molecule has 6 heteroatoms. The maximum absolute atomic E-state index is 12.3. The lowest BCUT2D eigenvalue weighted by Gasteiger charge is -2.33. The van der Waals surface area contributed by atoms with Gasteiger partial charge in [0.25, 0.3) is 0 Å². The number of carbonyl (C=O) groups excluding carboxylic acids is 1. The van der Waals surface area contributed by atoms with E-state index in [1.54, 1.807) is 0 Å². The summed E-state index contributed by atoms with van der Waals surface area (Å²) in [5.74, 6) is 0.945. The van der Waals surface area contributed by atoms with Crippen LogP contribution >= 0.6 is 0 Å². The van der Waals surface area contributed by atoms with Crippen molar-refractivity contribution in [2.45, 2.75) is 65.3 Å². The number of aliphatic hydroxyl groups is 1. The Kier molecular flexibility index (Phi) is 7.49. The van der Waals surface area contributed by atoms with Crippen LogP contribution in [0.4, 0.5) is 0 Å². The molecule has 4 rings (SSSR count). The Labute approximate surface area is 200 Å². The van der Waals surface area contributed by atoms with E-state index in [1.165, 1.54) is 12.7 Å². The molecule has 3 unspecified atom stereocenters. The average Bonchev–Trinajstić information content (AvgIpc) is 3.22. The average molecular weight is 464 g/mol. The second kappa shape index (κ2) is 10.5. The van der Waals surface area contributed by atoms with Crippen LogP contribution in [0.2, 0.25) is 0 Å². The van der Waals surface area contributed by atoms with E-state index >= 15 is 0 Å². The van der Waals surface area contributed by atoms with Gasteiger partial charge < -0.3 is 19.0 Å². The van der Waals surface area contributed by atoms with Gasteiger partial charge in [0.1, 0.15) is 11.5 Å². The van der Waals surface area contributed by atoms with Crippen LogP contribution in [0.3, 0.4) is 0 Å². The molecule has 180 valence electrons. The first-order chi connectivity index (χ1) is 16.4. The molecular weight excluding hydrogens is 430 g/mol. The second-order valence-corrected chi connectivity index (χ2v) is 9.22. The van der Waals surface area contributed by atoms with E-state index in [2.05, 4.69) is 4.98 Å². The molecule has 1 aromatic heterocycles. The minimum Gasteiger partial charge on any atom is -0.465 e. The number of oxazole rings is 1. The van der Waals surface area contributed by atoms with Crippen molar-refractivity contribution in [3.8, 4) is 11.5 Å². The molecule has 0 aliphatic heterocycles. The molecule has 0 spiro atoms. The van der Waals surface area contributed by atoms with Crippen molar-refractivity contribution in [1.29, 1.82) is 0 Å². The fourth-order valence-electron chi connectivity index (χ4n) is 4.77. The van der Waals surface area contributed by atoms with Gasteiger partial charge in [-0.1, -0.05) is 42.3 Å². The molecule has 6 nitrogen and oxygen atoms in total. The Morgan fingerprint density at radius 2 is 1.91 bits per heavy atom. The molecule has 3 aromatic rings. The smallest absolute Gasteiger partial charge is 0.338 e. The third kappa shape index (κ3) is 5.24.